The lowest BCUT2D eigenvalue weighted by Crippen LogP contribution is -2.49. The van der Waals surface area contributed by atoms with Crippen LogP contribution in [0.5, 0.6) is 0 Å². The number of nitrogens with zero attached hydrogens (tertiary/aromatic N) is 3. The van der Waals surface area contributed by atoms with Crippen molar-refractivity contribution in [3.05, 3.63) is 36.5 Å². The van der Waals surface area contributed by atoms with Crippen LogP contribution in [0.4, 0.5) is 5.69 Å². The Morgan fingerprint density at radius 3 is 2.41 bits per heavy atom. The number of fused-ring (bicyclic) bond motifs is 1. The van der Waals surface area contributed by atoms with E-state index >= 15 is 0 Å². The molecule has 4 heteroatoms. The van der Waals surface area contributed by atoms with Crippen LogP contribution in [0.3, 0.4) is 0 Å². The molecular formula is C18H24ClN3. The van der Waals surface area contributed by atoms with Crippen LogP contribution in [0.15, 0.2) is 36.5 Å². The number of halogens is 1. The third kappa shape index (κ3) is 2.92. The number of hydrogen-bond acceptors (Lipinski definition) is 3. The van der Waals surface area contributed by atoms with Crippen LogP contribution in [-0.4, -0.2) is 42.1 Å². The normalized spacial score (nSPS) is 20.3. The number of rotatable bonds is 2. The van der Waals surface area contributed by atoms with Gasteiger partial charge in [0.1, 0.15) is 0 Å². The van der Waals surface area contributed by atoms with Gasteiger partial charge in [-0.15, -0.1) is 12.4 Å². The lowest BCUT2D eigenvalue weighted by molar-refractivity contribution is 0.187. The maximum atomic E-state index is 4.60. The third-order valence-corrected chi connectivity index (χ3v) is 5.11. The number of aromatic nitrogens is 1. The summed E-state index contributed by atoms with van der Waals surface area (Å²) in [7, 11) is 0. The molecule has 2 fully saturated rings. The van der Waals surface area contributed by atoms with Crippen molar-refractivity contribution in [2.75, 3.05) is 31.1 Å². The summed E-state index contributed by atoms with van der Waals surface area (Å²) in [5.41, 5.74) is 2.45. The van der Waals surface area contributed by atoms with E-state index in [1.54, 1.807) is 0 Å². The molecule has 2 heterocycles. The van der Waals surface area contributed by atoms with E-state index < -0.39 is 0 Å². The number of para-hydroxylation sites is 1. The highest BCUT2D eigenvalue weighted by Crippen LogP contribution is 2.28. The topological polar surface area (TPSA) is 19.4 Å². The lowest BCUT2D eigenvalue weighted by atomic mass is 10.1. The van der Waals surface area contributed by atoms with Gasteiger partial charge in [0.2, 0.25) is 0 Å². The summed E-state index contributed by atoms with van der Waals surface area (Å²) in [6.45, 7) is 4.67. The highest BCUT2D eigenvalue weighted by Gasteiger charge is 2.26. The van der Waals surface area contributed by atoms with Crippen LogP contribution in [0.2, 0.25) is 0 Å². The van der Waals surface area contributed by atoms with Gasteiger partial charge in [-0.1, -0.05) is 31.0 Å². The summed E-state index contributed by atoms with van der Waals surface area (Å²) in [4.78, 5) is 9.82. The van der Waals surface area contributed by atoms with E-state index in [1.165, 1.54) is 49.8 Å². The van der Waals surface area contributed by atoms with Crippen molar-refractivity contribution in [3.63, 3.8) is 0 Å². The molecule has 0 atom stereocenters. The standard InChI is InChI=1S/C18H23N3.ClH/c1-2-8-16(7-1)20-11-13-21(14-12-20)17-9-3-5-15-6-4-10-19-18(15)17;/h3-6,9-10,16H,1-2,7-8,11-14H2;1H. The smallest absolute Gasteiger partial charge is 0.0935 e. The molecule has 1 aromatic carbocycles. The summed E-state index contributed by atoms with van der Waals surface area (Å²) in [6, 6.07) is 11.6. The molecule has 0 unspecified atom stereocenters. The largest absolute Gasteiger partial charge is 0.367 e. The molecule has 1 saturated carbocycles. The second-order valence-corrected chi connectivity index (χ2v) is 6.31. The van der Waals surface area contributed by atoms with Gasteiger partial charge in [0.25, 0.3) is 0 Å². The van der Waals surface area contributed by atoms with Gasteiger partial charge >= 0.3 is 0 Å². The number of anilines is 1. The Labute approximate surface area is 138 Å². The Hall–Kier alpha value is -1.32. The van der Waals surface area contributed by atoms with Crippen molar-refractivity contribution in [2.45, 2.75) is 31.7 Å². The van der Waals surface area contributed by atoms with E-state index in [9.17, 15) is 0 Å². The molecule has 0 N–H and O–H groups in total. The van der Waals surface area contributed by atoms with E-state index in [0.29, 0.717) is 0 Å². The maximum absolute atomic E-state index is 4.60. The van der Waals surface area contributed by atoms with Gasteiger partial charge in [-0.25, -0.2) is 0 Å². The first kappa shape index (κ1) is 15.6. The van der Waals surface area contributed by atoms with E-state index in [-0.39, 0.29) is 12.4 Å². The molecule has 1 saturated heterocycles. The highest BCUT2D eigenvalue weighted by atomic mass is 35.5. The van der Waals surface area contributed by atoms with Gasteiger partial charge in [-0.3, -0.25) is 9.88 Å². The van der Waals surface area contributed by atoms with Crippen molar-refractivity contribution in [2.24, 2.45) is 0 Å². The molecule has 0 spiro atoms. The average Bonchev–Trinajstić information content (AvgIpc) is 3.09. The van der Waals surface area contributed by atoms with Gasteiger partial charge < -0.3 is 4.90 Å². The Bertz CT molecular complexity index is 611. The second kappa shape index (κ2) is 6.84. The van der Waals surface area contributed by atoms with Gasteiger partial charge in [0, 0.05) is 43.8 Å². The SMILES string of the molecule is Cl.c1cnc2c(N3CCN(C4CCCC4)CC3)cccc2c1. The van der Waals surface area contributed by atoms with E-state index in [4.69, 9.17) is 0 Å². The molecule has 2 aromatic rings. The van der Waals surface area contributed by atoms with Crippen LogP contribution in [0.25, 0.3) is 10.9 Å². The molecule has 3 nitrogen and oxygen atoms in total. The van der Waals surface area contributed by atoms with Crippen LogP contribution in [0, 0.1) is 0 Å². The first-order valence-corrected chi connectivity index (χ1v) is 8.24. The fourth-order valence-electron chi connectivity index (χ4n) is 3.94. The Kier molecular flexibility index (Phi) is 4.84. The van der Waals surface area contributed by atoms with Gasteiger partial charge in [-0.05, 0) is 25.0 Å². The molecule has 0 bridgehead atoms. The van der Waals surface area contributed by atoms with E-state index in [2.05, 4.69) is 39.0 Å². The molecule has 1 aliphatic carbocycles. The fourth-order valence-corrected chi connectivity index (χ4v) is 3.94. The number of hydrogen-bond donors (Lipinski definition) is 0. The molecule has 118 valence electrons. The minimum absolute atomic E-state index is 0. The Morgan fingerprint density at radius 2 is 1.64 bits per heavy atom. The molecule has 0 radical (unpaired) electrons. The zero-order valence-electron chi connectivity index (χ0n) is 12.9. The average molecular weight is 318 g/mol. The third-order valence-electron chi connectivity index (χ3n) is 5.11. The monoisotopic (exact) mass is 317 g/mol. The zero-order chi connectivity index (χ0) is 14.1. The van der Waals surface area contributed by atoms with Crippen LogP contribution < -0.4 is 4.90 Å². The lowest BCUT2D eigenvalue weighted by Gasteiger charge is -2.39. The Balaban J connectivity index is 0.00000144. The van der Waals surface area contributed by atoms with Crippen molar-refractivity contribution in [1.82, 2.24) is 9.88 Å². The summed E-state index contributed by atoms with van der Waals surface area (Å²) in [5.74, 6) is 0. The minimum atomic E-state index is 0. The highest BCUT2D eigenvalue weighted by molar-refractivity contribution is 5.90. The fraction of sp³-hybridized carbons (Fsp3) is 0.500. The second-order valence-electron chi connectivity index (χ2n) is 6.31. The van der Waals surface area contributed by atoms with Crippen molar-refractivity contribution in [3.8, 4) is 0 Å². The van der Waals surface area contributed by atoms with Crippen LogP contribution in [-0.2, 0) is 0 Å². The summed E-state index contributed by atoms with van der Waals surface area (Å²) in [5, 5.41) is 1.24. The van der Waals surface area contributed by atoms with E-state index in [1.807, 2.05) is 12.3 Å². The zero-order valence-corrected chi connectivity index (χ0v) is 13.8. The van der Waals surface area contributed by atoms with Crippen LogP contribution >= 0.6 is 12.4 Å². The number of pyridine rings is 1. The van der Waals surface area contributed by atoms with Gasteiger partial charge in [0.05, 0.1) is 11.2 Å². The number of benzene rings is 1. The van der Waals surface area contributed by atoms with E-state index in [0.717, 1.165) is 24.6 Å². The molecule has 22 heavy (non-hydrogen) atoms. The predicted octanol–water partition coefficient (Wildman–Crippen LogP) is 3.72. The van der Waals surface area contributed by atoms with Crippen molar-refractivity contribution in [1.29, 1.82) is 0 Å². The maximum Gasteiger partial charge on any atom is 0.0935 e. The number of piperazine rings is 1. The molecule has 0 amide bonds. The molecule has 1 aromatic heterocycles. The molecular weight excluding hydrogens is 294 g/mol. The first-order valence-electron chi connectivity index (χ1n) is 8.24. The summed E-state index contributed by atoms with van der Waals surface area (Å²) in [6.07, 6.45) is 7.59. The quantitative estimate of drug-likeness (QED) is 0.841. The molecule has 2 aliphatic rings. The van der Waals surface area contributed by atoms with Crippen molar-refractivity contribution < 1.29 is 0 Å². The summed E-state index contributed by atoms with van der Waals surface area (Å²) >= 11 is 0. The Morgan fingerprint density at radius 1 is 0.909 bits per heavy atom. The summed E-state index contributed by atoms with van der Waals surface area (Å²) < 4.78 is 0. The molecule has 1 aliphatic heterocycles. The van der Waals surface area contributed by atoms with Gasteiger partial charge in [-0.2, -0.15) is 0 Å². The van der Waals surface area contributed by atoms with Gasteiger partial charge in [0.15, 0.2) is 0 Å². The predicted molar refractivity (Wildman–Crippen MR) is 95.0 cm³/mol. The van der Waals surface area contributed by atoms with Crippen molar-refractivity contribution >= 4 is 29.0 Å². The van der Waals surface area contributed by atoms with Crippen LogP contribution in [0.1, 0.15) is 25.7 Å². The first-order chi connectivity index (χ1) is 10.4. The molecule has 4 rings (SSSR count). The minimum Gasteiger partial charge on any atom is -0.367 e.